The topological polar surface area (TPSA) is 62.2 Å². The van der Waals surface area contributed by atoms with Crippen LogP contribution in [0.3, 0.4) is 0 Å². The van der Waals surface area contributed by atoms with E-state index in [1.165, 1.54) is 0 Å². The van der Waals surface area contributed by atoms with Crippen molar-refractivity contribution in [3.63, 3.8) is 0 Å². The minimum absolute atomic E-state index is 0.0943. The zero-order valence-corrected chi connectivity index (χ0v) is 24.4. The van der Waals surface area contributed by atoms with Crippen molar-refractivity contribution in [1.29, 1.82) is 0 Å². The molecule has 39 heavy (non-hydrogen) atoms. The summed E-state index contributed by atoms with van der Waals surface area (Å²) in [5, 5.41) is 8.07. The second kappa shape index (κ2) is 11.0. The summed E-state index contributed by atoms with van der Waals surface area (Å²) in [6, 6.07) is 21.0. The highest BCUT2D eigenvalue weighted by atomic mass is 35.5. The average molecular weight is 579 g/mol. The third-order valence-electron chi connectivity index (χ3n) is 6.99. The van der Waals surface area contributed by atoms with Gasteiger partial charge >= 0.3 is 0 Å². The van der Waals surface area contributed by atoms with Crippen LogP contribution in [0.2, 0.25) is 10.0 Å². The monoisotopic (exact) mass is 577 g/mol. The van der Waals surface area contributed by atoms with Crippen LogP contribution in [-0.2, 0) is 4.79 Å². The van der Waals surface area contributed by atoms with Crippen molar-refractivity contribution >= 4 is 57.8 Å². The number of carbonyl (C=O) groups is 1. The van der Waals surface area contributed by atoms with Gasteiger partial charge < -0.3 is 20.1 Å². The van der Waals surface area contributed by atoms with Gasteiger partial charge in [0.1, 0.15) is 0 Å². The zero-order valence-electron chi connectivity index (χ0n) is 22.1. The number of hydrogen-bond donors (Lipinski definition) is 2. The van der Waals surface area contributed by atoms with Crippen LogP contribution in [0.4, 0.5) is 11.4 Å². The van der Waals surface area contributed by atoms with Crippen LogP contribution in [0, 0.1) is 19.8 Å². The number of pyridine rings is 1. The zero-order chi connectivity index (χ0) is 27.8. The number of para-hydroxylation sites is 1. The molecule has 3 heterocycles. The number of carbonyl (C=O) groups excluding carboxylic acids is 1. The number of aryl methyl sites for hydroxylation is 1. The van der Waals surface area contributed by atoms with Gasteiger partial charge in [-0.25, -0.2) is 0 Å². The molecule has 0 bridgehead atoms. The average Bonchev–Trinajstić information content (AvgIpc) is 3.41. The molecule has 200 valence electrons. The molecule has 2 atom stereocenters. The SMILES string of the molecule is Cc1cc(C2C(c3ccccn3)NC(=S)N2c2ccc(NC(=O)C(C)C)c(Cl)c2)c(C)n1-c1ccccc1Cl. The van der Waals surface area contributed by atoms with E-state index in [4.69, 9.17) is 35.4 Å². The first-order valence-corrected chi connectivity index (χ1v) is 13.9. The summed E-state index contributed by atoms with van der Waals surface area (Å²) in [7, 11) is 0. The molecule has 1 fully saturated rings. The molecule has 1 amide bonds. The Bertz CT molecular complexity index is 1550. The summed E-state index contributed by atoms with van der Waals surface area (Å²) < 4.78 is 2.17. The number of halogens is 2. The quantitative estimate of drug-likeness (QED) is 0.231. The predicted molar refractivity (Wildman–Crippen MR) is 163 cm³/mol. The fraction of sp³-hybridized carbons (Fsp3) is 0.233. The lowest BCUT2D eigenvalue weighted by atomic mass is 9.96. The largest absolute Gasteiger partial charge is 0.351 e. The molecular formula is C30H29Cl2N5OS. The van der Waals surface area contributed by atoms with E-state index in [9.17, 15) is 4.79 Å². The molecule has 9 heteroatoms. The van der Waals surface area contributed by atoms with Gasteiger partial charge in [-0.1, -0.05) is 55.2 Å². The molecule has 6 nitrogen and oxygen atoms in total. The van der Waals surface area contributed by atoms with Crippen LogP contribution in [0.5, 0.6) is 0 Å². The molecule has 4 aromatic rings. The van der Waals surface area contributed by atoms with Crippen molar-refractivity contribution in [2.45, 2.75) is 39.8 Å². The van der Waals surface area contributed by atoms with Crippen molar-refractivity contribution < 1.29 is 4.79 Å². The first-order chi connectivity index (χ1) is 18.7. The lowest BCUT2D eigenvalue weighted by Crippen LogP contribution is -2.29. The van der Waals surface area contributed by atoms with Crippen molar-refractivity contribution in [1.82, 2.24) is 14.9 Å². The molecule has 1 aliphatic rings. The van der Waals surface area contributed by atoms with Gasteiger partial charge in [-0.3, -0.25) is 9.78 Å². The minimum atomic E-state index is -0.220. The number of hydrogen-bond acceptors (Lipinski definition) is 3. The van der Waals surface area contributed by atoms with E-state index in [2.05, 4.69) is 45.0 Å². The van der Waals surface area contributed by atoms with E-state index < -0.39 is 0 Å². The third kappa shape index (κ3) is 5.14. The lowest BCUT2D eigenvalue weighted by Gasteiger charge is -2.28. The van der Waals surface area contributed by atoms with Gasteiger partial charge in [0.05, 0.1) is 39.2 Å². The normalized spacial score (nSPS) is 17.0. The van der Waals surface area contributed by atoms with E-state index >= 15 is 0 Å². The van der Waals surface area contributed by atoms with E-state index in [1.807, 2.05) is 74.5 Å². The van der Waals surface area contributed by atoms with Crippen LogP contribution in [0.25, 0.3) is 5.69 Å². The fourth-order valence-electron chi connectivity index (χ4n) is 5.07. The van der Waals surface area contributed by atoms with Gasteiger partial charge in [0, 0.05) is 29.2 Å². The maximum absolute atomic E-state index is 12.3. The number of nitrogens with zero attached hydrogens (tertiary/aromatic N) is 3. The Morgan fingerprint density at radius 3 is 2.44 bits per heavy atom. The summed E-state index contributed by atoms with van der Waals surface area (Å²) in [4.78, 5) is 19.0. The maximum Gasteiger partial charge on any atom is 0.226 e. The molecule has 2 N–H and O–H groups in total. The second-order valence-corrected chi connectivity index (χ2v) is 11.1. The van der Waals surface area contributed by atoms with Crippen LogP contribution < -0.4 is 15.5 Å². The Balaban J connectivity index is 1.63. The summed E-state index contributed by atoms with van der Waals surface area (Å²) >= 11 is 19.2. The molecule has 0 aliphatic carbocycles. The molecular weight excluding hydrogens is 549 g/mol. The molecule has 2 aromatic carbocycles. The third-order valence-corrected chi connectivity index (χ3v) is 7.94. The Labute approximate surface area is 244 Å². The maximum atomic E-state index is 12.3. The van der Waals surface area contributed by atoms with E-state index in [-0.39, 0.29) is 23.9 Å². The minimum Gasteiger partial charge on any atom is -0.351 e. The van der Waals surface area contributed by atoms with Crippen LogP contribution in [0.1, 0.15) is 48.6 Å². The number of thiocarbonyl (C=S) groups is 1. The van der Waals surface area contributed by atoms with Crippen molar-refractivity contribution in [2.24, 2.45) is 5.92 Å². The Kier molecular flexibility index (Phi) is 7.67. The predicted octanol–water partition coefficient (Wildman–Crippen LogP) is 7.57. The molecule has 0 spiro atoms. The highest BCUT2D eigenvalue weighted by Crippen LogP contribution is 2.45. The van der Waals surface area contributed by atoms with Gasteiger partial charge in [-0.2, -0.15) is 0 Å². The standard InChI is InChI=1S/C30H29Cl2N5OS/c1-17(2)29(38)34-24-13-12-20(16-23(24)32)37-28(27(35-30(37)39)25-10-7-8-14-33-25)21-15-18(3)36(19(21)4)26-11-6-5-9-22(26)31/h5-17,27-28H,1-4H3,(H,34,38)(H,35,39). The highest BCUT2D eigenvalue weighted by molar-refractivity contribution is 7.80. The van der Waals surface area contributed by atoms with Gasteiger partial charge in [0.15, 0.2) is 5.11 Å². The highest BCUT2D eigenvalue weighted by Gasteiger charge is 2.42. The smallest absolute Gasteiger partial charge is 0.226 e. The lowest BCUT2D eigenvalue weighted by molar-refractivity contribution is -0.118. The number of nitrogens with one attached hydrogen (secondary N) is 2. The summed E-state index contributed by atoms with van der Waals surface area (Å²) in [5.74, 6) is -0.254. The van der Waals surface area contributed by atoms with Crippen molar-refractivity contribution in [3.05, 3.63) is 106 Å². The Morgan fingerprint density at radius 2 is 1.77 bits per heavy atom. The number of rotatable bonds is 6. The Hall–Kier alpha value is -3.39. The van der Waals surface area contributed by atoms with Gasteiger partial charge in [-0.15, -0.1) is 0 Å². The van der Waals surface area contributed by atoms with Crippen molar-refractivity contribution in [3.8, 4) is 5.69 Å². The summed E-state index contributed by atoms with van der Waals surface area (Å²) in [6.07, 6.45) is 1.79. The van der Waals surface area contributed by atoms with Gasteiger partial charge in [-0.05, 0) is 80.2 Å². The number of benzene rings is 2. The van der Waals surface area contributed by atoms with Gasteiger partial charge in [0.25, 0.3) is 0 Å². The van der Waals surface area contributed by atoms with E-state index in [0.717, 1.165) is 34.0 Å². The fourth-order valence-corrected chi connectivity index (χ4v) is 5.86. The van der Waals surface area contributed by atoms with Crippen molar-refractivity contribution in [2.75, 3.05) is 10.2 Å². The summed E-state index contributed by atoms with van der Waals surface area (Å²) in [6.45, 7) is 7.85. The Morgan fingerprint density at radius 1 is 1.03 bits per heavy atom. The molecule has 1 saturated heterocycles. The molecule has 2 aromatic heterocycles. The first kappa shape index (κ1) is 27.2. The number of anilines is 2. The number of amides is 1. The molecule has 2 unspecified atom stereocenters. The van der Waals surface area contributed by atoms with Crippen LogP contribution >= 0.6 is 35.4 Å². The molecule has 1 aliphatic heterocycles. The van der Waals surface area contributed by atoms with E-state index in [1.54, 1.807) is 6.20 Å². The van der Waals surface area contributed by atoms with Gasteiger partial charge in [0.2, 0.25) is 5.91 Å². The van der Waals surface area contributed by atoms with Crippen LogP contribution in [-0.4, -0.2) is 20.6 Å². The molecule has 0 radical (unpaired) electrons. The second-order valence-electron chi connectivity index (χ2n) is 9.92. The summed E-state index contributed by atoms with van der Waals surface area (Å²) in [5.41, 5.74) is 6.36. The van der Waals surface area contributed by atoms with Crippen LogP contribution in [0.15, 0.2) is 72.9 Å². The molecule has 0 saturated carbocycles. The molecule has 5 rings (SSSR count). The van der Waals surface area contributed by atoms with E-state index in [0.29, 0.717) is 20.8 Å². The number of aromatic nitrogens is 2. The first-order valence-electron chi connectivity index (χ1n) is 12.7.